The van der Waals surface area contributed by atoms with Gasteiger partial charge in [0.15, 0.2) is 11.5 Å². The molecule has 1 aromatic carbocycles. The van der Waals surface area contributed by atoms with Crippen molar-refractivity contribution in [3.63, 3.8) is 0 Å². The molecule has 2 rings (SSSR count). The van der Waals surface area contributed by atoms with Crippen LogP contribution in [0.5, 0.6) is 11.5 Å². The second-order valence-electron chi connectivity index (χ2n) is 5.31. The molecule has 7 heteroatoms. The Morgan fingerprint density at radius 2 is 2.08 bits per heavy atom. The first-order valence-electron chi connectivity index (χ1n) is 7.48. The van der Waals surface area contributed by atoms with E-state index >= 15 is 0 Å². The summed E-state index contributed by atoms with van der Waals surface area (Å²) >= 11 is 0. The molecule has 24 heavy (non-hydrogen) atoms. The van der Waals surface area contributed by atoms with Gasteiger partial charge in [0, 0.05) is 17.9 Å². The monoisotopic (exact) mass is 336 g/mol. The molecule has 0 aliphatic carbocycles. The van der Waals surface area contributed by atoms with Gasteiger partial charge in [-0.1, -0.05) is 12.1 Å². The molecule has 0 unspecified atom stereocenters. The number of esters is 1. The van der Waals surface area contributed by atoms with Crippen LogP contribution in [0.3, 0.4) is 0 Å². The van der Waals surface area contributed by atoms with Crippen molar-refractivity contribution in [3.8, 4) is 11.5 Å². The fraction of sp³-hybridized carbons (Fsp3) is 0.353. The average Bonchev–Trinajstić information content (AvgIpc) is 2.54. The Kier molecular flexibility index (Phi) is 6.22. The van der Waals surface area contributed by atoms with Crippen LogP contribution in [-0.4, -0.2) is 45.9 Å². The number of aromatic hydroxyl groups is 2. The molecular formula is C17H20O7. The van der Waals surface area contributed by atoms with E-state index in [0.29, 0.717) is 12.0 Å². The van der Waals surface area contributed by atoms with E-state index in [1.807, 2.05) is 0 Å². The Hall–Kier alpha value is -2.51. The summed E-state index contributed by atoms with van der Waals surface area (Å²) in [6, 6.07) is 4.40. The molecule has 0 radical (unpaired) electrons. The van der Waals surface area contributed by atoms with Crippen molar-refractivity contribution < 1.29 is 34.7 Å². The topological polar surface area (TPSA) is 116 Å². The number of hydrogen-bond donors (Lipinski definition) is 4. The zero-order valence-corrected chi connectivity index (χ0v) is 13.0. The molecule has 0 saturated heterocycles. The van der Waals surface area contributed by atoms with Gasteiger partial charge in [-0.25, -0.2) is 0 Å². The lowest BCUT2D eigenvalue weighted by atomic mass is 9.93. The largest absolute Gasteiger partial charge is 0.504 e. The van der Waals surface area contributed by atoms with Gasteiger partial charge in [0.1, 0.15) is 0 Å². The molecule has 7 nitrogen and oxygen atoms in total. The normalized spacial score (nSPS) is 21.5. The summed E-state index contributed by atoms with van der Waals surface area (Å²) in [4.78, 5) is 11.9. The van der Waals surface area contributed by atoms with E-state index < -0.39 is 18.2 Å². The van der Waals surface area contributed by atoms with Gasteiger partial charge in [-0.15, -0.1) is 0 Å². The SMILES string of the molecule is O=C(C[C@@H]1C=CO[C@@H](O)/C1=C\CO)OCCc1ccc(O)c(O)c1. The van der Waals surface area contributed by atoms with Crippen LogP contribution in [0, 0.1) is 5.92 Å². The number of aliphatic hydroxyl groups excluding tert-OH is 2. The van der Waals surface area contributed by atoms with Gasteiger partial charge in [0.05, 0.1) is 25.9 Å². The van der Waals surface area contributed by atoms with Gasteiger partial charge in [0.25, 0.3) is 0 Å². The number of phenols is 2. The highest BCUT2D eigenvalue weighted by atomic mass is 16.6. The molecule has 4 N–H and O–H groups in total. The van der Waals surface area contributed by atoms with Gasteiger partial charge in [-0.3, -0.25) is 4.79 Å². The lowest BCUT2D eigenvalue weighted by Crippen LogP contribution is -2.25. The van der Waals surface area contributed by atoms with Crippen molar-refractivity contribution in [1.29, 1.82) is 0 Å². The zero-order valence-electron chi connectivity index (χ0n) is 13.0. The fourth-order valence-corrected chi connectivity index (χ4v) is 2.38. The lowest BCUT2D eigenvalue weighted by molar-refractivity contribution is -0.144. The van der Waals surface area contributed by atoms with E-state index in [-0.39, 0.29) is 31.1 Å². The van der Waals surface area contributed by atoms with Crippen molar-refractivity contribution in [2.75, 3.05) is 13.2 Å². The van der Waals surface area contributed by atoms with Crippen LogP contribution in [0.25, 0.3) is 0 Å². The third-order valence-electron chi connectivity index (χ3n) is 3.64. The highest BCUT2D eigenvalue weighted by Gasteiger charge is 2.26. The van der Waals surface area contributed by atoms with E-state index in [9.17, 15) is 20.1 Å². The zero-order chi connectivity index (χ0) is 17.5. The Balaban J connectivity index is 1.84. The van der Waals surface area contributed by atoms with E-state index in [4.69, 9.17) is 14.6 Å². The van der Waals surface area contributed by atoms with E-state index in [1.54, 1.807) is 12.1 Å². The van der Waals surface area contributed by atoms with Crippen LogP contribution in [0.4, 0.5) is 0 Å². The van der Waals surface area contributed by atoms with Crippen LogP contribution < -0.4 is 0 Å². The summed E-state index contributed by atoms with van der Waals surface area (Å²) in [5, 5.41) is 37.3. The number of carbonyl (C=O) groups is 1. The number of benzene rings is 1. The molecule has 0 bridgehead atoms. The minimum atomic E-state index is -1.18. The molecule has 2 atom stereocenters. The molecular weight excluding hydrogens is 316 g/mol. The summed E-state index contributed by atoms with van der Waals surface area (Å²) in [5.74, 6) is -1.28. The summed E-state index contributed by atoms with van der Waals surface area (Å²) in [6.07, 6.45) is 3.57. The maximum atomic E-state index is 11.9. The highest BCUT2D eigenvalue weighted by Crippen LogP contribution is 2.27. The molecule has 1 heterocycles. The van der Waals surface area contributed by atoms with Crippen LogP contribution in [0.1, 0.15) is 12.0 Å². The number of carbonyl (C=O) groups excluding carboxylic acids is 1. The van der Waals surface area contributed by atoms with Crippen molar-refractivity contribution in [2.24, 2.45) is 5.92 Å². The molecule has 1 aliphatic rings. The second-order valence-corrected chi connectivity index (χ2v) is 5.31. The molecule has 130 valence electrons. The summed E-state index contributed by atoms with van der Waals surface area (Å²) in [6.45, 7) is -0.142. The van der Waals surface area contributed by atoms with Crippen molar-refractivity contribution in [1.82, 2.24) is 0 Å². The van der Waals surface area contributed by atoms with Crippen LogP contribution in [0.15, 0.2) is 42.2 Å². The summed E-state index contributed by atoms with van der Waals surface area (Å²) in [7, 11) is 0. The molecule has 0 amide bonds. The highest BCUT2D eigenvalue weighted by molar-refractivity contribution is 5.70. The number of hydrogen-bond acceptors (Lipinski definition) is 7. The number of allylic oxidation sites excluding steroid dienone is 1. The van der Waals surface area contributed by atoms with Crippen LogP contribution in [-0.2, 0) is 20.7 Å². The molecule has 0 aromatic heterocycles. The Morgan fingerprint density at radius 1 is 1.29 bits per heavy atom. The number of ether oxygens (including phenoxy) is 2. The molecule has 1 aromatic rings. The number of phenolic OH excluding ortho intramolecular Hbond substituents is 2. The summed E-state index contributed by atoms with van der Waals surface area (Å²) < 4.78 is 10.1. The van der Waals surface area contributed by atoms with E-state index in [1.165, 1.54) is 24.5 Å². The maximum absolute atomic E-state index is 11.9. The molecule has 1 aliphatic heterocycles. The Morgan fingerprint density at radius 3 is 2.79 bits per heavy atom. The van der Waals surface area contributed by atoms with Gasteiger partial charge in [-0.05, 0) is 23.8 Å². The fourth-order valence-electron chi connectivity index (χ4n) is 2.38. The van der Waals surface area contributed by atoms with Crippen molar-refractivity contribution in [2.45, 2.75) is 19.1 Å². The number of rotatable bonds is 6. The molecule has 0 saturated carbocycles. The van der Waals surface area contributed by atoms with Crippen LogP contribution >= 0.6 is 0 Å². The first-order chi connectivity index (χ1) is 11.5. The van der Waals surface area contributed by atoms with Crippen LogP contribution in [0.2, 0.25) is 0 Å². The smallest absolute Gasteiger partial charge is 0.306 e. The average molecular weight is 336 g/mol. The first-order valence-corrected chi connectivity index (χ1v) is 7.48. The van der Waals surface area contributed by atoms with Gasteiger partial charge < -0.3 is 29.9 Å². The number of aliphatic hydroxyl groups is 2. The Labute approximate surface area is 139 Å². The standard InChI is InChI=1S/C17H20O7/c18-6-3-13-12(5-8-24-17(13)22)10-16(21)23-7-4-11-1-2-14(19)15(20)9-11/h1-3,5,8-9,12,17-20,22H,4,6-7,10H2/b13-3-/t12-,17+/m0/s1. The molecule has 0 spiro atoms. The van der Waals surface area contributed by atoms with Gasteiger partial charge in [-0.2, -0.15) is 0 Å². The third-order valence-corrected chi connectivity index (χ3v) is 3.64. The van der Waals surface area contributed by atoms with Gasteiger partial charge >= 0.3 is 5.97 Å². The van der Waals surface area contributed by atoms with E-state index in [2.05, 4.69) is 0 Å². The molecule has 0 fully saturated rings. The van der Waals surface area contributed by atoms with Crippen molar-refractivity contribution >= 4 is 5.97 Å². The predicted molar refractivity (Wildman–Crippen MR) is 83.9 cm³/mol. The maximum Gasteiger partial charge on any atom is 0.306 e. The second kappa shape index (κ2) is 8.37. The third kappa shape index (κ3) is 4.74. The Bertz CT molecular complexity index is 636. The summed E-state index contributed by atoms with van der Waals surface area (Å²) in [5.41, 5.74) is 1.14. The first kappa shape index (κ1) is 17.8. The minimum absolute atomic E-state index is 0.0174. The quantitative estimate of drug-likeness (QED) is 0.347. The predicted octanol–water partition coefficient (Wildman–Crippen LogP) is 0.971. The lowest BCUT2D eigenvalue weighted by Gasteiger charge is -2.24. The van der Waals surface area contributed by atoms with Gasteiger partial charge in [0.2, 0.25) is 6.29 Å². The van der Waals surface area contributed by atoms with Crippen molar-refractivity contribution in [3.05, 3.63) is 47.7 Å². The minimum Gasteiger partial charge on any atom is -0.504 e. The van der Waals surface area contributed by atoms with E-state index in [0.717, 1.165) is 5.56 Å².